The third-order valence-electron chi connectivity index (χ3n) is 7.65. The van der Waals surface area contributed by atoms with Gasteiger partial charge in [-0.05, 0) is 68.6 Å². The number of hydrogen-bond acceptors (Lipinski definition) is 6. The number of nitrogens with one attached hydrogen (secondary N) is 1. The molecule has 0 amide bonds. The quantitative estimate of drug-likeness (QED) is 0.169. The number of hydrogen-bond donors (Lipinski definition) is 1. The molecule has 2 bridgehead atoms. The fourth-order valence-electron chi connectivity index (χ4n) is 5.83. The molecule has 2 atom stereocenters. The maximum atomic E-state index is 14.0. The molecule has 1 saturated carbocycles. The third kappa shape index (κ3) is 4.33. The van der Waals surface area contributed by atoms with E-state index in [0.717, 1.165) is 48.9 Å². The van der Waals surface area contributed by atoms with Gasteiger partial charge in [-0.25, -0.2) is 19.3 Å². The van der Waals surface area contributed by atoms with E-state index >= 15 is 0 Å². The molecule has 3 aliphatic rings. The number of halogens is 1. The van der Waals surface area contributed by atoms with Gasteiger partial charge in [0.25, 0.3) is 0 Å². The number of fused-ring (bicyclic) bond motifs is 4. The summed E-state index contributed by atoms with van der Waals surface area (Å²) in [5.41, 5.74) is 4.66. The minimum atomic E-state index is -0.407. The van der Waals surface area contributed by atoms with E-state index in [9.17, 15) is 9.18 Å². The van der Waals surface area contributed by atoms with Crippen LogP contribution in [0.4, 0.5) is 4.39 Å². The molecule has 9 heteroatoms. The molecule has 0 spiro atoms. The van der Waals surface area contributed by atoms with Crippen molar-refractivity contribution in [2.45, 2.75) is 45.1 Å². The SMILES string of the molecule is CCOC(=O)[C@@H]1C2CC(=C[C@H]1n1cc(CCCCSC)c3cnc(-c4c[nH]c5ncc(F)cc45)nc31)C2. The molecule has 4 aromatic heterocycles. The molecule has 7 rings (SSSR count). The number of nitrogens with zero attached hydrogens (tertiary/aromatic N) is 4. The number of aromatic amines is 1. The summed E-state index contributed by atoms with van der Waals surface area (Å²) in [6.07, 6.45) is 16.4. The first-order chi connectivity index (χ1) is 18.1. The summed E-state index contributed by atoms with van der Waals surface area (Å²) in [4.78, 5) is 30.0. The van der Waals surface area contributed by atoms with E-state index in [2.05, 4.69) is 33.1 Å². The highest BCUT2D eigenvalue weighted by Gasteiger charge is 2.46. The summed E-state index contributed by atoms with van der Waals surface area (Å²) in [6.45, 7) is 2.23. The Morgan fingerprint density at radius 2 is 2.11 bits per heavy atom. The summed E-state index contributed by atoms with van der Waals surface area (Å²) in [6, 6.07) is 1.31. The van der Waals surface area contributed by atoms with Crippen LogP contribution in [0.25, 0.3) is 33.5 Å². The van der Waals surface area contributed by atoms with Crippen molar-refractivity contribution in [3.63, 3.8) is 0 Å². The number of aryl methyl sites for hydroxylation is 1. The van der Waals surface area contributed by atoms with Crippen LogP contribution in [-0.4, -0.2) is 49.1 Å². The van der Waals surface area contributed by atoms with Crippen molar-refractivity contribution in [3.05, 3.63) is 53.9 Å². The molecule has 192 valence electrons. The van der Waals surface area contributed by atoms with E-state index in [1.807, 2.05) is 24.9 Å². The normalized spacial score (nSPS) is 20.7. The molecule has 1 fully saturated rings. The van der Waals surface area contributed by atoms with Crippen molar-refractivity contribution in [3.8, 4) is 11.4 Å². The number of carbonyl (C=O) groups excluding carboxylic acids is 1. The maximum absolute atomic E-state index is 14.0. The molecule has 0 unspecified atom stereocenters. The standard InChI is InChI=1S/C28H30FN5O2S/c1-3-36-28(35)24-18-8-16(9-18)10-23(24)34-15-17(6-4-5-7-37-2)21-13-32-26(33-27(21)34)22-14-31-25-20(22)11-19(29)12-30-25/h10-15,18,23-24H,3-9H2,1-2H3,(H,30,31)/t23-,24-/m1/s1. The number of thioether (sulfide) groups is 1. The molecule has 4 aromatic rings. The van der Waals surface area contributed by atoms with Gasteiger partial charge in [0, 0.05) is 34.9 Å². The highest BCUT2D eigenvalue weighted by molar-refractivity contribution is 7.98. The number of aromatic nitrogens is 5. The van der Waals surface area contributed by atoms with E-state index in [1.54, 1.807) is 6.20 Å². The van der Waals surface area contributed by atoms with E-state index in [1.165, 1.54) is 23.4 Å². The summed E-state index contributed by atoms with van der Waals surface area (Å²) in [7, 11) is 0. The Bertz CT molecular complexity index is 1500. The molecule has 7 nitrogen and oxygen atoms in total. The van der Waals surface area contributed by atoms with Crippen molar-refractivity contribution >= 4 is 39.8 Å². The molecule has 3 aliphatic carbocycles. The first-order valence-corrected chi connectivity index (χ1v) is 14.3. The number of rotatable bonds is 9. The van der Waals surface area contributed by atoms with E-state index in [-0.39, 0.29) is 17.9 Å². The van der Waals surface area contributed by atoms with Crippen LogP contribution in [-0.2, 0) is 16.0 Å². The second-order valence-electron chi connectivity index (χ2n) is 9.96. The fourth-order valence-corrected chi connectivity index (χ4v) is 6.32. The van der Waals surface area contributed by atoms with Crippen LogP contribution in [0.2, 0.25) is 0 Å². The van der Waals surface area contributed by atoms with Crippen LogP contribution in [0, 0.1) is 17.7 Å². The number of esters is 1. The topological polar surface area (TPSA) is 85.7 Å². The molecule has 37 heavy (non-hydrogen) atoms. The Labute approximate surface area is 218 Å². The number of H-pyrrole nitrogens is 1. The van der Waals surface area contributed by atoms with Gasteiger partial charge in [-0.3, -0.25) is 4.79 Å². The van der Waals surface area contributed by atoms with Crippen molar-refractivity contribution in [1.82, 2.24) is 24.5 Å². The van der Waals surface area contributed by atoms with Crippen LogP contribution in [0.3, 0.4) is 0 Å². The third-order valence-corrected chi connectivity index (χ3v) is 8.35. The highest BCUT2D eigenvalue weighted by Crippen LogP contribution is 2.50. The van der Waals surface area contributed by atoms with Crippen LogP contribution < -0.4 is 0 Å². The van der Waals surface area contributed by atoms with Crippen LogP contribution in [0.5, 0.6) is 0 Å². The minimum Gasteiger partial charge on any atom is -0.466 e. The molecule has 0 aliphatic heterocycles. The van der Waals surface area contributed by atoms with Gasteiger partial charge in [-0.1, -0.05) is 11.6 Å². The Balaban J connectivity index is 1.47. The largest absolute Gasteiger partial charge is 0.466 e. The summed E-state index contributed by atoms with van der Waals surface area (Å²) in [5.74, 6) is 1.16. The monoisotopic (exact) mass is 519 g/mol. The number of ether oxygens (including phenoxy) is 1. The number of unbranched alkanes of at least 4 members (excludes halogenated alkanes) is 1. The lowest BCUT2D eigenvalue weighted by Gasteiger charge is -2.44. The minimum absolute atomic E-state index is 0.136. The summed E-state index contributed by atoms with van der Waals surface area (Å²) >= 11 is 1.86. The highest BCUT2D eigenvalue weighted by atomic mass is 32.2. The second kappa shape index (κ2) is 9.93. The van der Waals surface area contributed by atoms with Gasteiger partial charge in [0.05, 0.1) is 24.8 Å². The maximum Gasteiger partial charge on any atom is 0.311 e. The molecule has 0 radical (unpaired) electrons. The number of pyridine rings is 1. The Hall–Kier alpha value is -3.20. The van der Waals surface area contributed by atoms with Crippen LogP contribution >= 0.6 is 11.8 Å². The zero-order valence-corrected chi connectivity index (χ0v) is 21.9. The summed E-state index contributed by atoms with van der Waals surface area (Å²) in [5, 5.41) is 1.64. The van der Waals surface area contributed by atoms with E-state index in [4.69, 9.17) is 14.7 Å². The molecular formula is C28H30FN5O2S. The lowest BCUT2D eigenvalue weighted by Crippen LogP contribution is -2.41. The van der Waals surface area contributed by atoms with Gasteiger partial charge in [0.15, 0.2) is 5.82 Å². The Morgan fingerprint density at radius 1 is 1.24 bits per heavy atom. The molecule has 0 aromatic carbocycles. The van der Waals surface area contributed by atoms with Crippen molar-refractivity contribution in [2.24, 2.45) is 11.8 Å². The van der Waals surface area contributed by atoms with Gasteiger partial charge in [-0.15, -0.1) is 0 Å². The average Bonchev–Trinajstić information content (AvgIpc) is 3.46. The van der Waals surface area contributed by atoms with Crippen molar-refractivity contribution < 1.29 is 13.9 Å². The number of allylic oxidation sites excluding steroid dienone is 2. The van der Waals surface area contributed by atoms with Crippen LogP contribution in [0.15, 0.2) is 42.5 Å². The predicted molar refractivity (Wildman–Crippen MR) is 144 cm³/mol. The first kappa shape index (κ1) is 24.2. The zero-order chi connectivity index (χ0) is 25.5. The van der Waals surface area contributed by atoms with Gasteiger partial charge < -0.3 is 14.3 Å². The van der Waals surface area contributed by atoms with Gasteiger partial charge >= 0.3 is 5.97 Å². The van der Waals surface area contributed by atoms with Crippen LogP contribution in [0.1, 0.15) is 44.2 Å². The van der Waals surface area contributed by atoms with Gasteiger partial charge in [0.1, 0.15) is 17.1 Å². The fraction of sp³-hybridized carbons (Fsp3) is 0.429. The van der Waals surface area contributed by atoms with E-state index in [0.29, 0.717) is 34.9 Å². The molecule has 0 saturated heterocycles. The van der Waals surface area contributed by atoms with Crippen molar-refractivity contribution in [1.29, 1.82) is 0 Å². The zero-order valence-electron chi connectivity index (χ0n) is 21.0. The lowest BCUT2D eigenvalue weighted by molar-refractivity contribution is -0.152. The molecule has 1 N–H and O–H groups in total. The van der Waals surface area contributed by atoms with Gasteiger partial charge in [0.2, 0.25) is 0 Å². The molecular weight excluding hydrogens is 489 g/mol. The van der Waals surface area contributed by atoms with E-state index < -0.39 is 5.82 Å². The van der Waals surface area contributed by atoms with Gasteiger partial charge in [-0.2, -0.15) is 11.8 Å². The second-order valence-corrected chi connectivity index (χ2v) is 10.9. The Morgan fingerprint density at radius 3 is 2.92 bits per heavy atom. The summed E-state index contributed by atoms with van der Waals surface area (Å²) < 4.78 is 21.7. The number of carbonyl (C=O) groups is 1. The first-order valence-electron chi connectivity index (χ1n) is 12.9. The predicted octanol–water partition coefficient (Wildman–Crippen LogP) is 5.87. The smallest absolute Gasteiger partial charge is 0.311 e. The molecule has 4 heterocycles. The lowest BCUT2D eigenvalue weighted by atomic mass is 9.64. The Kier molecular flexibility index (Phi) is 6.48. The average molecular weight is 520 g/mol. The van der Waals surface area contributed by atoms with Crippen molar-refractivity contribution in [2.75, 3.05) is 18.6 Å².